The molecular weight excluding hydrogens is 248 g/mol. The van der Waals surface area contributed by atoms with E-state index >= 15 is 0 Å². The fourth-order valence-corrected chi connectivity index (χ4v) is 1.58. The Morgan fingerprint density at radius 2 is 1.50 bits per heavy atom. The lowest BCUT2D eigenvalue weighted by atomic mass is 10.3. The lowest BCUT2D eigenvalue weighted by Gasteiger charge is -2.09. The third-order valence-corrected chi connectivity index (χ3v) is 2.48. The Kier molecular flexibility index (Phi) is 3.51. The Morgan fingerprint density at radius 1 is 0.938 bits per heavy atom. The van der Waals surface area contributed by atoms with Gasteiger partial charge in [0, 0.05) is 0 Å². The number of rotatable bonds is 4. The summed E-state index contributed by atoms with van der Waals surface area (Å²) in [4.78, 5) is 10.1. The molecule has 0 spiro atoms. The number of hydrogen-bond acceptors (Lipinski definition) is 8. The van der Waals surface area contributed by atoms with Crippen LogP contribution >= 0.6 is 0 Å². The number of hydrogen-bond donors (Lipinski definition) is 4. The summed E-state index contributed by atoms with van der Waals surface area (Å²) in [6.07, 6.45) is 0. The summed E-state index contributed by atoms with van der Waals surface area (Å²) in [7, 11) is -4.72. The van der Waals surface area contributed by atoms with E-state index in [0.717, 1.165) is 12.1 Å². The van der Waals surface area contributed by atoms with E-state index in [-0.39, 0.29) is 0 Å². The van der Waals surface area contributed by atoms with Crippen molar-refractivity contribution in [2.75, 3.05) is 0 Å². The van der Waals surface area contributed by atoms with Crippen LogP contribution in [0.15, 0.2) is 17.0 Å². The molecule has 0 aliphatic rings. The standard InChI is InChI=1S/C6H6O9S/c7-13-3-1-2-4(16(10,11)12)6(15-9)5(3)14-8/h1-2,7-9H,(H,10,11,12). The third-order valence-electron chi connectivity index (χ3n) is 1.60. The maximum Gasteiger partial charge on any atom is 0.298 e. The van der Waals surface area contributed by atoms with E-state index in [0.29, 0.717) is 0 Å². The van der Waals surface area contributed by atoms with Crippen LogP contribution in [0.4, 0.5) is 0 Å². The molecule has 9 nitrogen and oxygen atoms in total. The fourth-order valence-electron chi connectivity index (χ4n) is 0.974. The Bertz CT molecular complexity index is 479. The zero-order valence-electron chi connectivity index (χ0n) is 7.39. The first-order chi connectivity index (χ1) is 7.45. The molecule has 0 saturated carbocycles. The molecule has 4 N–H and O–H groups in total. The first kappa shape index (κ1) is 12.5. The van der Waals surface area contributed by atoms with E-state index in [2.05, 4.69) is 14.7 Å². The highest BCUT2D eigenvalue weighted by molar-refractivity contribution is 7.86. The lowest BCUT2D eigenvalue weighted by molar-refractivity contribution is -0.179. The van der Waals surface area contributed by atoms with Crippen molar-refractivity contribution < 1.29 is 43.4 Å². The molecule has 0 bridgehead atoms. The zero-order valence-corrected chi connectivity index (χ0v) is 8.21. The minimum absolute atomic E-state index is 0.543. The average molecular weight is 254 g/mol. The van der Waals surface area contributed by atoms with Gasteiger partial charge in [-0.1, -0.05) is 0 Å². The lowest BCUT2D eigenvalue weighted by Crippen LogP contribution is -2.04. The predicted molar refractivity (Wildman–Crippen MR) is 46.0 cm³/mol. The van der Waals surface area contributed by atoms with Crippen LogP contribution in [0.1, 0.15) is 0 Å². The van der Waals surface area contributed by atoms with Crippen LogP contribution in [0.5, 0.6) is 17.2 Å². The molecule has 0 aliphatic carbocycles. The predicted octanol–water partition coefficient (Wildman–Crippen LogP) is 0.489. The monoisotopic (exact) mass is 254 g/mol. The summed E-state index contributed by atoms with van der Waals surface area (Å²) in [6.45, 7) is 0. The van der Waals surface area contributed by atoms with Crippen molar-refractivity contribution in [1.29, 1.82) is 0 Å². The highest BCUT2D eigenvalue weighted by Crippen LogP contribution is 2.41. The highest BCUT2D eigenvalue weighted by Gasteiger charge is 2.26. The van der Waals surface area contributed by atoms with Crippen molar-refractivity contribution in [3.63, 3.8) is 0 Å². The van der Waals surface area contributed by atoms with E-state index in [1.54, 1.807) is 0 Å². The molecule has 0 radical (unpaired) electrons. The van der Waals surface area contributed by atoms with E-state index in [9.17, 15) is 8.42 Å². The molecule has 0 aromatic heterocycles. The molecule has 0 fully saturated rings. The second-order valence-electron chi connectivity index (χ2n) is 2.47. The van der Waals surface area contributed by atoms with Crippen LogP contribution in [-0.2, 0) is 10.1 Å². The topological polar surface area (TPSA) is 143 Å². The Labute approximate surface area is 88.6 Å². The molecule has 90 valence electrons. The van der Waals surface area contributed by atoms with Crippen molar-refractivity contribution in [1.82, 2.24) is 0 Å². The minimum atomic E-state index is -4.72. The van der Waals surface area contributed by atoms with Crippen molar-refractivity contribution in [2.24, 2.45) is 0 Å². The van der Waals surface area contributed by atoms with Crippen LogP contribution in [0, 0.1) is 0 Å². The maximum absolute atomic E-state index is 10.8. The zero-order chi connectivity index (χ0) is 12.3. The van der Waals surface area contributed by atoms with E-state index < -0.39 is 32.3 Å². The molecule has 0 atom stereocenters. The molecule has 0 heterocycles. The molecule has 0 aliphatic heterocycles. The van der Waals surface area contributed by atoms with Crippen molar-refractivity contribution in [3.05, 3.63) is 12.1 Å². The van der Waals surface area contributed by atoms with Gasteiger partial charge >= 0.3 is 0 Å². The van der Waals surface area contributed by atoms with Gasteiger partial charge in [0.1, 0.15) is 4.90 Å². The molecule has 1 rings (SSSR count). The van der Waals surface area contributed by atoms with Gasteiger partial charge in [0.15, 0.2) is 0 Å². The normalized spacial score (nSPS) is 11.0. The summed E-state index contributed by atoms with van der Waals surface area (Å²) in [6, 6.07) is 1.59. The van der Waals surface area contributed by atoms with Gasteiger partial charge in [-0.15, -0.1) is 0 Å². The summed E-state index contributed by atoms with van der Waals surface area (Å²) in [5, 5.41) is 25.1. The van der Waals surface area contributed by atoms with Crippen LogP contribution in [0.2, 0.25) is 0 Å². The van der Waals surface area contributed by atoms with Gasteiger partial charge in [-0.3, -0.25) is 4.55 Å². The summed E-state index contributed by atoms with van der Waals surface area (Å²) < 4.78 is 30.3. The molecule has 16 heavy (non-hydrogen) atoms. The van der Waals surface area contributed by atoms with Crippen LogP contribution in [-0.4, -0.2) is 28.7 Å². The highest BCUT2D eigenvalue weighted by atomic mass is 32.2. The molecule has 0 amide bonds. The Hall–Kier alpha value is -1.59. The molecule has 10 heteroatoms. The Morgan fingerprint density at radius 3 is 1.88 bits per heavy atom. The van der Waals surface area contributed by atoms with Gasteiger partial charge in [0.05, 0.1) is 0 Å². The van der Waals surface area contributed by atoms with Gasteiger partial charge in [-0.05, 0) is 12.1 Å². The van der Waals surface area contributed by atoms with Crippen molar-refractivity contribution >= 4 is 10.1 Å². The first-order valence-corrected chi connectivity index (χ1v) is 4.98. The molecular formula is C6H6O9S. The largest absolute Gasteiger partial charge is 0.336 e. The van der Waals surface area contributed by atoms with Gasteiger partial charge < -0.3 is 14.7 Å². The van der Waals surface area contributed by atoms with Gasteiger partial charge in [-0.2, -0.15) is 8.42 Å². The van der Waals surface area contributed by atoms with Gasteiger partial charge in [-0.25, -0.2) is 15.8 Å². The van der Waals surface area contributed by atoms with E-state index in [4.69, 9.17) is 20.3 Å². The second-order valence-corrected chi connectivity index (χ2v) is 3.86. The summed E-state index contributed by atoms with van der Waals surface area (Å²) in [5.74, 6) is -2.32. The van der Waals surface area contributed by atoms with Crippen LogP contribution < -0.4 is 14.7 Å². The third kappa shape index (κ3) is 2.15. The summed E-state index contributed by atoms with van der Waals surface area (Å²) >= 11 is 0. The minimum Gasteiger partial charge on any atom is -0.336 e. The van der Waals surface area contributed by atoms with E-state index in [1.165, 1.54) is 0 Å². The smallest absolute Gasteiger partial charge is 0.298 e. The number of benzene rings is 1. The summed E-state index contributed by atoms with van der Waals surface area (Å²) in [5.41, 5.74) is 0. The molecule has 1 aromatic carbocycles. The van der Waals surface area contributed by atoms with Crippen molar-refractivity contribution in [3.8, 4) is 17.2 Å². The first-order valence-electron chi connectivity index (χ1n) is 3.54. The van der Waals surface area contributed by atoms with Crippen LogP contribution in [0.3, 0.4) is 0 Å². The molecule has 1 aromatic rings. The average Bonchev–Trinajstić information content (AvgIpc) is 2.25. The Balaban J connectivity index is 3.56. The quantitative estimate of drug-likeness (QED) is 0.342. The fraction of sp³-hybridized carbons (Fsp3) is 0. The SMILES string of the molecule is O=S(=O)(O)c1ccc(OO)c(OO)c1OO. The maximum atomic E-state index is 10.8. The van der Waals surface area contributed by atoms with E-state index in [1.807, 2.05) is 0 Å². The van der Waals surface area contributed by atoms with Gasteiger partial charge in [0.25, 0.3) is 15.9 Å². The molecule has 0 unspecified atom stereocenters. The van der Waals surface area contributed by atoms with Gasteiger partial charge in [0.2, 0.25) is 11.5 Å². The van der Waals surface area contributed by atoms with Crippen LogP contribution in [0.25, 0.3) is 0 Å². The molecule has 0 saturated heterocycles. The van der Waals surface area contributed by atoms with Crippen molar-refractivity contribution in [2.45, 2.75) is 4.90 Å². The second kappa shape index (κ2) is 4.51.